The van der Waals surface area contributed by atoms with Gasteiger partial charge < -0.3 is 10.4 Å². The second-order valence-electron chi connectivity index (χ2n) is 8.64. The summed E-state index contributed by atoms with van der Waals surface area (Å²) in [6.07, 6.45) is 7.95. The van der Waals surface area contributed by atoms with Gasteiger partial charge in [-0.05, 0) is 42.2 Å². The molecule has 1 saturated carbocycles. The van der Waals surface area contributed by atoms with E-state index >= 15 is 0 Å². The molecule has 0 aliphatic heterocycles. The average molecular weight is 463 g/mol. The first-order valence-electron chi connectivity index (χ1n) is 11.0. The number of aliphatic carboxylic acids is 1. The SMILES string of the molecule is O=C(O)[C@H]1CCC[C@@H]1C(=O)C1(Nc2nc3ccc(F)cc3s2)C=CC(c2ccccc2)=CC1. The van der Waals surface area contributed by atoms with Gasteiger partial charge >= 0.3 is 5.97 Å². The lowest BCUT2D eigenvalue weighted by atomic mass is 9.76. The van der Waals surface area contributed by atoms with Crippen LogP contribution in [0.3, 0.4) is 0 Å². The molecule has 1 unspecified atom stereocenters. The normalized spacial score (nSPS) is 24.6. The van der Waals surface area contributed by atoms with Gasteiger partial charge in [0, 0.05) is 12.3 Å². The Bertz CT molecular complexity index is 1280. The van der Waals surface area contributed by atoms with Gasteiger partial charge in [0.25, 0.3) is 0 Å². The number of aromatic nitrogens is 1. The topological polar surface area (TPSA) is 79.3 Å². The number of hydrogen-bond acceptors (Lipinski definition) is 5. The van der Waals surface area contributed by atoms with Crippen LogP contribution in [0.1, 0.15) is 31.2 Å². The fourth-order valence-corrected chi connectivity index (χ4v) is 5.84. The van der Waals surface area contributed by atoms with Gasteiger partial charge in [-0.25, -0.2) is 9.37 Å². The van der Waals surface area contributed by atoms with Gasteiger partial charge in [-0.15, -0.1) is 0 Å². The van der Waals surface area contributed by atoms with Crippen molar-refractivity contribution >= 4 is 44.0 Å². The molecule has 0 bridgehead atoms. The van der Waals surface area contributed by atoms with E-state index in [0.29, 0.717) is 34.6 Å². The van der Waals surface area contributed by atoms with Gasteiger partial charge in [0.15, 0.2) is 10.9 Å². The van der Waals surface area contributed by atoms with Gasteiger partial charge in [-0.1, -0.05) is 66.3 Å². The van der Waals surface area contributed by atoms with Crippen molar-refractivity contribution < 1.29 is 19.1 Å². The number of allylic oxidation sites excluding steroid dienone is 2. The van der Waals surface area contributed by atoms with Crippen LogP contribution >= 0.6 is 11.3 Å². The second kappa shape index (κ2) is 8.56. The summed E-state index contributed by atoms with van der Waals surface area (Å²) in [5.41, 5.74) is 1.60. The molecule has 1 fully saturated rings. The van der Waals surface area contributed by atoms with E-state index in [2.05, 4.69) is 10.3 Å². The number of fused-ring (bicyclic) bond motifs is 1. The Morgan fingerprint density at radius 3 is 2.64 bits per heavy atom. The maximum Gasteiger partial charge on any atom is 0.307 e. The number of nitrogens with one attached hydrogen (secondary N) is 1. The summed E-state index contributed by atoms with van der Waals surface area (Å²) in [4.78, 5) is 30.2. The minimum Gasteiger partial charge on any atom is -0.481 e. The molecule has 2 aliphatic rings. The van der Waals surface area contributed by atoms with Crippen LogP contribution in [0.2, 0.25) is 0 Å². The first kappa shape index (κ1) is 21.5. The first-order chi connectivity index (χ1) is 15.9. The highest BCUT2D eigenvalue weighted by Crippen LogP contribution is 2.41. The van der Waals surface area contributed by atoms with E-state index in [4.69, 9.17) is 0 Å². The largest absolute Gasteiger partial charge is 0.481 e. The van der Waals surface area contributed by atoms with Crippen LogP contribution in [0.4, 0.5) is 9.52 Å². The van der Waals surface area contributed by atoms with Crippen LogP contribution in [0, 0.1) is 17.7 Å². The third-order valence-electron chi connectivity index (χ3n) is 6.59. The van der Waals surface area contributed by atoms with Gasteiger partial charge in [-0.2, -0.15) is 0 Å². The summed E-state index contributed by atoms with van der Waals surface area (Å²) >= 11 is 1.28. The molecule has 1 aromatic heterocycles. The van der Waals surface area contributed by atoms with Crippen molar-refractivity contribution in [2.24, 2.45) is 11.8 Å². The minimum absolute atomic E-state index is 0.127. The Balaban J connectivity index is 1.51. The maximum atomic E-state index is 13.9. The van der Waals surface area contributed by atoms with Crippen LogP contribution in [0.25, 0.3) is 15.8 Å². The number of carbonyl (C=O) groups excluding carboxylic acids is 1. The highest BCUT2D eigenvalue weighted by atomic mass is 32.1. The van der Waals surface area contributed by atoms with Crippen LogP contribution in [0.15, 0.2) is 66.8 Å². The number of nitrogens with zero attached hydrogens (tertiary/aromatic N) is 1. The van der Waals surface area contributed by atoms with Crippen molar-refractivity contribution in [3.63, 3.8) is 0 Å². The molecule has 2 N–H and O–H groups in total. The predicted octanol–water partition coefficient (Wildman–Crippen LogP) is 5.70. The fraction of sp³-hybridized carbons (Fsp3) is 0.269. The number of carbonyl (C=O) groups is 2. The Morgan fingerprint density at radius 2 is 1.91 bits per heavy atom. The molecule has 2 aromatic carbocycles. The molecule has 2 aliphatic carbocycles. The molecule has 3 aromatic rings. The number of carboxylic acids is 1. The van der Waals surface area contributed by atoms with Crippen LogP contribution in [-0.4, -0.2) is 27.4 Å². The van der Waals surface area contributed by atoms with Crippen LogP contribution in [0.5, 0.6) is 0 Å². The zero-order chi connectivity index (χ0) is 23.0. The van der Waals surface area contributed by atoms with E-state index in [0.717, 1.165) is 17.6 Å². The van der Waals surface area contributed by atoms with Crippen molar-refractivity contribution in [1.29, 1.82) is 0 Å². The van der Waals surface area contributed by atoms with Crippen molar-refractivity contribution in [2.75, 3.05) is 5.32 Å². The van der Waals surface area contributed by atoms with Crippen LogP contribution < -0.4 is 5.32 Å². The van der Waals surface area contributed by atoms with Crippen molar-refractivity contribution in [1.82, 2.24) is 4.98 Å². The Morgan fingerprint density at radius 1 is 1.12 bits per heavy atom. The highest BCUT2D eigenvalue weighted by Gasteiger charge is 2.47. The van der Waals surface area contributed by atoms with Gasteiger partial charge in [0.1, 0.15) is 11.4 Å². The number of ketones is 1. The van der Waals surface area contributed by atoms with E-state index in [1.165, 1.54) is 23.5 Å². The third kappa shape index (κ3) is 4.09. The Hall–Kier alpha value is -3.32. The number of benzene rings is 2. The van der Waals surface area contributed by atoms with Crippen LogP contribution in [-0.2, 0) is 9.59 Å². The lowest BCUT2D eigenvalue weighted by Crippen LogP contribution is -2.49. The molecule has 0 radical (unpaired) electrons. The second-order valence-corrected chi connectivity index (χ2v) is 9.67. The molecule has 0 spiro atoms. The molecule has 5 rings (SSSR count). The minimum atomic E-state index is -1.10. The molecule has 7 heteroatoms. The van der Waals surface area contributed by atoms with Crippen molar-refractivity contribution in [3.05, 3.63) is 78.1 Å². The summed E-state index contributed by atoms with van der Waals surface area (Å²) < 4.78 is 14.4. The highest BCUT2D eigenvalue weighted by molar-refractivity contribution is 7.22. The number of rotatable bonds is 6. The zero-order valence-corrected chi connectivity index (χ0v) is 18.6. The number of halogens is 1. The van der Waals surface area contributed by atoms with Crippen molar-refractivity contribution in [3.8, 4) is 0 Å². The summed E-state index contributed by atoms with van der Waals surface area (Å²) in [7, 11) is 0. The molecule has 0 amide bonds. The Kier molecular flexibility index (Phi) is 5.58. The number of Topliss-reactive ketones (excluding diaryl/α,β-unsaturated/α-hetero) is 1. The molecular weight excluding hydrogens is 439 g/mol. The van der Waals surface area contributed by atoms with Gasteiger partial charge in [0.05, 0.1) is 16.1 Å². The fourth-order valence-electron chi connectivity index (χ4n) is 4.86. The maximum absolute atomic E-state index is 13.9. The summed E-state index contributed by atoms with van der Waals surface area (Å²) in [5, 5.41) is 13.5. The number of anilines is 1. The van der Waals surface area contributed by atoms with Crippen molar-refractivity contribution in [2.45, 2.75) is 31.2 Å². The smallest absolute Gasteiger partial charge is 0.307 e. The monoisotopic (exact) mass is 462 g/mol. The number of hydrogen-bond donors (Lipinski definition) is 2. The molecular formula is C26H23FN2O3S. The quantitative estimate of drug-likeness (QED) is 0.491. The standard InChI is InChI=1S/C26H23FN2O3S/c27-18-9-10-21-22(15-18)33-25(28-21)29-26(23(30)19-7-4-8-20(19)24(31)32)13-11-17(12-14-26)16-5-2-1-3-6-16/h1-3,5-6,9-13,15,19-20H,4,7-8,14H2,(H,28,29)(H,31,32)/t19-,20-,26?/m0/s1. The Labute approximate surface area is 194 Å². The van der Waals surface area contributed by atoms with E-state index in [1.807, 2.05) is 48.6 Å². The molecule has 0 saturated heterocycles. The summed E-state index contributed by atoms with van der Waals surface area (Å²) in [5.74, 6) is -2.62. The van der Waals surface area contributed by atoms with E-state index in [-0.39, 0.29) is 11.6 Å². The summed E-state index contributed by atoms with van der Waals surface area (Å²) in [6, 6.07) is 14.3. The third-order valence-corrected chi connectivity index (χ3v) is 7.52. The van der Waals surface area contributed by atoms with E-state index < -0.39 is 23.3 Å². The van der Waals surface area contributed by atoms with E-state index in [9.17, 15) is 19.1 Å². The first-order valence-corrected chi connectivity index (χ1v) is 11.8. The molecule has 5 nitrogen and oxygen atoms in total. The summed E-state index contributed by atoms with van der Waals surface area (Å²) in [6.45, 7) is 0. The number of thiazole rings is 1. The zero-order valence-electron chi connectivity index (χ0n) is 17.8. The molecule has 33 heavy (non-hydrogen) atoms. The van der Waals surface area contributed by atoms with Gasteiger partial charge in [0.2, 0.25) is 0 Å². The van der Waals surface area contributed by atoms with Gasteiger partial charge in [-0.3, -0.25) is 9.59 Å². The number of carboxylic acid groups (broad SMARTS) is 1. The van der Waals surface area contributed by atoms with E-state index in [1.54, 1.807) is 6.07 Å². The lowest BCUT2D eigenvalue weighted by molar-refractivity contribution is -0.146. The molecule has 3 atom stereocenters. The predicted molar refractivity (Wildman–Crippen MR) is 128 cm³/mol. The lowest BCUT2D eigenvalue weighted by Gasteiger charge is -2.35. The average Bonchev–Trinajstić information content (AvgIpc) is 3.46. The molecule has 1 heterocycles. The molecule has 168 valence electrons.